The van der Waals surface area contributed by atoms with Gasteiger partial charge in [0.25, 0.3) is 0 Å². The van der Waals surface area contributed by atoms with Crippen molar-refractivity contribution in [2.45, 2.75) is 64.1 Å². The molecule has 0 radical (unpaired) electrons. The van der Waals surface area contributed by atoms with Gasteiger partial charge in [-0.3, -0.25) is 4.99 Å². The molecule has 1 aliphatic carbocycles. The lowest BCUT2D eigenvalue weighted by Crippen LogP contribution is -2.45. The first-order chi connectivity index (χ1) is 13.0. The van der Waals surface area contributed by atoms with Gasteiger partial charge in [0, 0.05) is 45.6 Å². The zero-order valence-corrected chi connectivity index (χ0v) is 16.3. The largest absolute Gasteiger partial charge is 0.391 e. The fraction of sp³-hybridized carbons (Fsp3) is 0.947. The number of rotatable bonds is 8. The number of hydrogen-bond donors (Lipinski definition) is 2. The van der Waals surface area contributed by atoms with Crippen LogP contribution in [-0.4, -0.2) is 57.7 Å². The van der Waals surface area contributed by atoms with Gasteiger partial charge in [0.1, 0.15) is 0 Å². The molecular weight excluding hydrogens is 359 g/mol. The minimum atomic E-state index is -4.06. The molecule has 2 aliphatic rings. The van der Waals surface area contributed by atoms with Crippen LogP contribution in [0, 0.1) is 11.8 Å². The maximum absolute atomic E-state index is 12.8. The average Bonchev–Trinajstić information content (AvgIpc) is 2.65. The number of hydrogen-bond acceptors (Lipinski definition) is 3. The van der Waals surface area contributed by atoms with Gasteiger partial charge in [0.15, 0.2) is 5.96 Å². The Morgan fingerprint density at radius 1 is 1.11 bits per heavy atom. The molecule has 0 bridgehead atoms. The van der Waals surface area contributed by atoms with Crippen LogP contribution in [0.1, 0.15) is 51.9 Å². The van der Waals surface area contributed by atoms with Gasteiger partial charge in [-0.2, -0.15) is 13.2 Å². The summed E-state index contributed by atoms with van der Waals surface area (Å²) in [7, 11) is 0. The quantitative estimate of drug-likeness (QED) is 0.377. The molecule has 0 atom stereocenters. The number of nitrogens with one attached hydrogen (secondary N) is 2. The van der Waals surface area contributed by atoms with Crippen molar-refractivity contribution in [3.63, 3.8) is 0 Å². The average molecular weight is 393 g/mol. The Hall–Kier alpha value is -1.02. The maximum atomic E-state index is 12.8. The highest BCUT2D eigenvalue weighted by atomic mass is 19.4. The van der Waals surface area contributed by atoms with Crippen LogP contribution in [0.4, 0.5) is 13.2 Å². The van der Waals surface area contributed by atoms with Crippen molar-refractivity contribution in [3.8, 4) is 0 Å². The summed E-state index contributed by atoms with van der Waals surface area (Å²) >= 11 is 0. The maximum Gasteiger partial charge on any atom is 0.391 e. The Bertz CT molecular complexity index is 432. The number of nitrogens with zero attached hydrogens (tertiary/aromatic N) is 1. The molecular formula is C19H34F3N3O2. The zero-order chi connectivity index (χ0) is 19.5. The topological polar surface area (TPSA) is 54.9 Å². The van der Waals surface area contributed by atoms with Gasteiger partial charge in [0.2, 0.25) is 0 Å². The van der Waals surface area contributed by atoms with Crippen molar-refractivity contribution in [1.29, 1.82) is 0 Å². The van der Waals surface area contributed by atoms with Crippen LogP contribution in [0.2, 0.25) is 0 Å². The van der Waals surface area contributed by atoms with Crippen molar-refractivity contribution in [2.24, 2.45) is 16.8 Å². The monoisotopic (exact) mass is 393 g/mol. The highest BCUT2D eigenvalue weighted by molar-refractivity contribution is 5.80. The van der Waals surface area contributed by atoms with E-state index in [0.29, 0.717) is 37.9 Å². The first-order valence-corrected chi connectivity index (χ1v) is 10.3. The summed E-state index contributed by atoms with van der Waals surface area (Å²) in [6, 6.07) is 0.0613. The van der Waals surface area contributed by atoms with Crippen LogP contribution in [0.15, 0.2) is 4.99 Å². The molecule has 2 N–H and O–H groups in total. The summed E-state index contributed by atoms with van der Waals surface area (Å²) in [6.07, 6.45) is 0.369. The molecule has 2 rings (SSSR count). The zero-order valence-electron chi connectivity index (χ0n) is 16.3. The summed E-state index contributed by atoms with van der Waals surface area (Å²) in [5.74, 6) is 0.147. The Labute approximate surface area is 160 Å². The normalized spacial score (nSPS) is 25.4. The molecule has 1 heterocycles. The van der Waals surface area contributed by atoms with E-state index in [1.807, 2.05) is 6.92 Å². The second kappa shape index (κ2) is 11.7. The standard InChI is InChI=1S/C19H34F3N3O2/c1-2-23-18(25-17-6-4-16(5-7-17)19(20,21)22)24-10-3-11-27-14-15-8-12-26-13-9-15/h15-17H,2-14H2,1H3,(H2,23,24,25). The van der Waals surface area contributed by atoms with Gasteiger partial charge in [-0.25, -0.2) is 0 Å². The molecule has 0 aromatic carbocycles. The van der Waals surface area contributed by atoms with Crippen molar-refractivity contribution < 1.29 is 22.6 Å². The molecule has 8 heteroatoms. The van der Waals surface area contributed by atoms with E-state index in [1.165, 1.54) is 0 Å². The van der Waals surface area contributed by atoms with Crippen LogP contribution < -0.4 is 10.6 Å². The fourth-order valence-corrected chi connectivity index (χ4v) is 3.60. The van der Waals surface area contributed by atoms with Crippen LogP contribution in [0.3, 0.4) is 0 Å². The third-order valence-electron chi connectivity index (χ3n) is 5.29. The summed E-state index contributed by atoms with van der Waals surface area (Å²) in [4.78, 5) is 4.53. The third-order valence-corrected chi connectivity index (χ3v) is 5.29. The van der Waals surface area contributed by atoms with E-state index in [2.05, 4.69) is 15.6 Å². The smallest absolute Gasteiger partial charge is 0.381 e. The van der Waals surface area contributed by atoms with Crippen molar-refractivity contribution in [1.82, 2.24) is 10.6 Å². The van der Waals surface area contributed by atoms with E-state index in [9.17, 15) is 13.2 Å². The number of guanidine groups is 1. The van der Waals surface area contributed by atoms with E-state index >= 15 is 0 Å². The number of halogens is 3. The number of alkyl halides is 3. The highest BCUT2D eigenvalue weighted by Gasteiger charge is 2.41. The molecule has 0 unspecified atom stereocenters. The number of aliphatic imine (C=N–C) groups is 1. The minimum Gasteiger partial charge on any atom is -0.381 e. The van der Waals surface area contributed by atoms with E-state index in [1.54, 1.807) is 0 Å². The summed E-state index contributed by atoms with van der Waals surface area (Å²) in [6.45, 7) is 6.48. The first kappa shape index (κ1) is 22.3. The van der Waals surface area contributed by atoms with Crippen LogP contribution in [0.5, 0.6) is 0 Å². The fourth-order valence-electron chi connectivity index (χ4n) is 3.60. The van der Waals surface area contributed by atoms with Gasteiger partial charge in [-0.05, 0) is 57.8 Å². The Morgan fingerprint density at radius 2 is 1.81 bits per heavy atom. The SMILES string of the molecule is CCNC(=NCCCOCC1CCOCC1)NC1CCC(C(F)(F)F)CC1. The van der Waals surface area contributed by atoms with Crippen molar-refractivity contribution >= 4 is 5.96 Å². The van der Waals surface area contributed by atoms with Crippen LogP contribution in [-0.2, 0) is 9.47 Å². The Morgan fingerprint density at radius 3 is 2.44 bits per heavy atom. The second-order valence-corrected chi connectivity index (χ2v) is 7.48. The van der Waals surface area contributed by atoms with Gasteiger partial charge < -0.3 is 20.1 Å². The van der Waals surface area contributed by atoms with Crippen LogP contribution in [0.25, 0.3) is 0 Å². The molecule has 0 aromatic rings. The van der Waals surface area contributed by atoms with Gasteiger partial charge in [0.05, 0.1) is 5.92 Å². The highest BCUT2D eigenvalue weighted by Crippen LogP contribution is 2.37. The summed E-state index contributed by atoms with van der Waals surface area (Å²) < 4.78 is 49.4. The lowest BCUT2D eigenvalue weighted by Gasteiger charge is -2.31. The lowest BCUT2D eigenvalue weighted by molar-refractivity contribution is -0.182. The second-order valence-electron chi connectivity index (χ2n) is 7.48. The Balaban J connectivity index is 1.62. The van der Waals surface area contributed by atoms with Crippen molar-refractivity contribution in [2.75, 3.05) is 39.5 Å². The minimum absolute atomic E-state index is 0.0613. The molecule has 1 aliphatic heterocycles. The van der Waals surface area contributed by atoms with Gasteiger partial charge in [-0.15, -0.1) is 0 Å². The summed E-state index contributed by atoms with van der Waals surface area (Å²) in [5, 5.41) is 6.46. The molecule has 1 saturated heterocycles. The molecule has 27 heavy (non-hydrogen) atoms. The molecule has 5 nitrogen and oxygen atoms in total. The number of ether oxygens (including phenoxy) is 2. The summed E-state index contributed by atoms with van der Waals surface area (Å²) in [5.41, 5.74) is 0. The van der Waals surface area contributed by atoms with Crippen molar-refractivity contribution in [3.05, 3.63) is 0 Å². The third kappa shape index (κ3) is 8.68. The van der Waals surface area contributed by atoms with Gasteiger partial charge in [-0.1, -0.05) is 0 Å². The molecule has 0 spiro atoms. The van der Waals surface area contributed by atoms with E-state index in [-0.39, 0.29) is 18.9 Å². The molecule has 0 amide bonds. The lowest BCUT2D eigenvalue weighted by atomic mass is 9.85. The first-order valence-electron chi connectivity index (χ1n) is 10.3. The van der Waals surface area contributed by atoms with E-state index < -0.39 is 12.1 Å². The predicted molar refractivity (Wildman–Crippen MR) is 99.9 cm³/mol. The molecule has 0 aromatic heterocycles. The predicted octanol–water partition coefficient (Wildman–Crippen LogP) is 3.50. The molecule has 1 saturated carbocycles. The van der Waals surface area contributed by atoms with E-state index in [4.69, 9.17) is 9.47 Å². The molecule has 158 valence electrons. The van der Waals surface area contributed by atoms with Gasteiger partial charge >= 0.3 is 6.18 Å². The van der Waals surface area contributed by atoms with E-state index in [0.717, 1.165) is 45.6 Å². The Kier molecular flexibility index (Phi) is 9.68. The molecule has 2 fully saturated rings. The van der Waals surface area contributed by atoms with Crippen LogP contribution >= 0.6 is 0 Å².